The Morgan fingerprint density at radius 2 is 0.742 bits per heavy atom. The minimum absolute atomic E-state index is 0. The van der Waals surface area contributed by atoms with Crippen LogP contribution in [-0.2, 0) is 12.8 Å². The van der Waals surface area contributed by atoms with E-state index in [1.165, 1.54) is 114 Å². The van der Waals surface area contributed by atoms with Gasteiger partial charge >= 0.3 is 0 Å². The molecule has 0 fully saturated rings. The maximum absolute atomic E-state index is 3.06. The molecule has 172 valence electrons. The largest absolute Gasteiger partial charge is 0.184 e. The smallest absolute Gasteiger partial charge is 0 e. The van der Waals surface area contributed by atoms with Crippen molar-refractivity contribution in [3.05, 3.63) is 71.8 Å². The van der Waals surface area contributed by atoms with Crippen molar-refractivity contribution in [1.29, 1.82) is 0 Å². The normalized spacial score (nSPS) is 10.1. The van der Waals surface area contributed by atoms with Crippen molar-refractivity contribution in [3.8, 4) is 0 Å². The molecular weight excluding hydrogens is 505 g/mol. The van der Waals surface area contributed by atoms with Crippen molar-refractivity contribution >= 4 is 0 Å². The topological polar surface area (TPSA) is 0 Å². The van der Waals surface area contributed by atoms with Gasteiger partial charge in [-0.2, -0.15) is 71.8 Å². The quantitative estimate of drug-likeness (QED) is 0.144. The fraction of sp³-hybridized carbons (Fsp3) is 0.600. The number of benzene rings is 2. The number of rotatable bonds is 16. The predicted molar refractivity (Wildman–Crippen MR) is 134 cm³/mol. The van der Waals surface area contributed by atoms with Crippen LogP contribution in [0.3, 0.4) is 0 Å². The first-order valence-electron chi connectivity index (χ1n) is 12.8. The van der Waals surface area contributed by atoms with Crippen LogP contribution in [0.1, 0.15) is 115 Å². The van der Waals surface area contributed by atoms with E-state index in [2.05, 4.69) is 50.2 Å². The molecule has 0 aliphatic carbocycles. The maximum Gasteiger partial charge on any atom is 0 e. The van der Waals surface area contributed by atoms with Gasteiger partial charge < -0.3 is 0 Å². The third-order valence-corrected chi connectivity index (χ3v) is 5.71. The second-order valence-corrected chi connectivity index (χ2v) is 8.56. The summed E-state index contributed by atoms with van der Waals surface area (Å²) < 4.78 is 0. The maximum atomic E-state index is 3.06. The fourth-order valence-corrected chi connectivity index (χ4v) is 3.75. The van der Waals surface area contributed by atoms with Crippen LogP contribution in [0.5, 0.6) is 0 Å². The van der Waals surface area contributed by atoms with Gasteiger partial charge in [-0.1, -0.05) is 117 Å². The van der Waals surface area contributed by atoms with Crippen LogP contribution in [-0.4, -0.2) is 0 Å². The monoisotopic (exact) mass is 548 g/mol. The molecule has 0 saturated carbocycles. The second kappa shape index (κ2) is 24.4. The van der Waals surface area contributed by atoms with E-state index in [4.69, 9.17) is 0 Å². The van der Waals surface area contributed by atoms with Crippen LogP contribution < -0.4 is 0 Å². The third-order valence-electron chi connectivity index (χ3n) is 5.71. The molecule has 1 heteroatoms. The van der Waals surface area contributed by atoms with Crippen LogP contribution >= 0.6 is 0 Å². The van der Waals surface area contributed by atoms with Crippen molar-refractivity contribution in [1.82, 2.24) is 0 Å². The summed E-state index contributed by atoms with van der Waals surface area (Å²) >= 11 is 0. The van der Waals surface area contributed by atoms with Gasteiger partial charge in [-0.15, -0.1) is 0 Å². The van der Waals surface area contributed by atoms with E-state index in [1.807, 2.05) is 24.3 Å². The summed E-state index contributed by atoms with van der Waals surface area (Å²) in [5.74, 6) is 0. The molecule has 0 radical (unpaired) electrons. The SMILES string of the molecule is CCCCCCCCCc1cc[c-]cc1.CCCCCCCCCc1cc[c-]cc1.[Nd]. The van der Waals surface area contributed by atoms with Crippen molar-refractivity contribution in [2.24, 2.45) is 0 Å². The van der Waals surface area contributed by atoms with E-state index in [-0.39, 0.29) is 40.8 Å². The molecule has 0 aromatic heterocycles. The summed E-state index contributed by atoms with van der Waals surface area (Å²) in [6, 6.07) is 22.9. The van der Waals surface area contributed by atoms with E-state index in [1.54, 1.807) is 0 Å². The first-order valence-corrected chi connectivity index (χ1v) is 12.8. The molecular formula is C30H46Nd-2. The van der Waals surface area contributed by atoms with Gasteiger partial charge in [0, 0.05) is 40.8 Å². The van der Waals surface area contributed by atoms with E-state index in [0.29, 0.717) is 0 Å². The second-order valence-electron chi connectivity index (χ2n) is 8.56. The molecule has 0 spiro atoms. The average molecular weight is 551 g/mol. The zero-order valence-corrected chi connectivity index (χ0v) is 23.6. The molecule has 2 aromatic carbocycles. The fourth-order valence-electron chi connectivity index (χ4n) is 3.75. The van der Waals surface area contributed by atoms with Crippen LogP contribution in [0.15, 0.2) is 48.5 Å². The Bertz CT molecular complexity index is 510. The van der Waals surface area contributed by atoms with Crippen LogP contribution in [0.4, 0.5) is 0 Å². The van der Waals surface area contributed by atoms with Gasteiger partial charge in [0.25, 0.3) is 0 Å². The Morgan fingerprint density at radius 3 is 1.06 bits per heavy atom. The van der Waals surface area contributed by atoms with Gasteiger partial charge in [0.15, 0.2) is 0 Å². The van der Waals surface area contributed by atoms with Gasteiger partial charge in [0.2, 0.25) is 0 Å². The number of unbranched alkanes of at least 4 members (excludes halogenated alkanes) is 12. The van der Waals surface area contributed by atoms with Crippen LogP contribution in [0, 0.1) is 53.0 Å². The predicted octanol–water partition coefficient (Wildman–Crippen LogP) is 9.56. The number of hydrogen-bond acceptors (Lipinski definition) is 0. The molecule has 0 heterocycles. The van der Waals surface area contributed by atoms with E-state index < -0.39 is 0 Å². The average Bonchev–Trinajstić information content (AvgIpc) is 2.80. The van der Waals surface area contributed by atoms with Crippen molar-refractivity contribution < 1.29 is 40.8 Å². The van der Waals surface area contributed by atoms with Crippen molar-refractivity contribution in [2.75, 3.05) is 0 Å². The summed E-state index contributed by atoms with van der Waals surface area (Å²) in [7, 11) is 0. The van der Waals surface area contributed by atoms with E-state index >= 15 is 0 Å². The molecule has 0 atom stereocenters. The van der Waals surface area contributed by atoms with Crippen LogP contribution in [0.25, 0.3) is 0 Å². The number of hydrogen-bond donors (Lipinski definition) is 0. The molecule has 0 N–H and O–H groups in total. The standard InChI is InChI=1S/2C15H23.Nd/c2*1-2-3-4-5-6-7-9-12-15-13-10-8-11-14-15;/h2*10-11,13-14H,2-7,9,12H2,1H3;/q2*-1;. The summed E-state index contributed by atoms with van der Waals surface area (Å²) in [5, 5.41) is 0. The summed E-state index contributed by atoms with van der Waals surface area (Å²) in [5.41, 5.74) is 2.92. The van der Waals surface area contributed by atoms with Gasteiger partial charge in [-0.05, 0) is 0 Å². The Balaban J connectivity index is 0.000000562. The Morgan fingerprint density at radius 1 is 0.452 bits per heavy atom. The van der Waals surface area contributed by atoms with Crippen molar-refractivity contribution in [3.63, 3.8) is 0 Å². The Labute approximate surface area is 227 Å². The first-order chi connectivity index (χ1) is 14.9. The zero-order valence-electron chi connectivity index (χ0n) is 20.4. The summed E-state index contributed by atoms with van der Waals surface area (Å²) in [6.45, 7) is 4.54. The van der Waals surface area contributed by atoms with Gasteiger partial charge in [0.05, 0.1) is 0 Å². The molecule has 0 amide bonds. The Hall–Kier alpha value is -0.209. The molecule has 0 unspecified atom stereocenters. The van der Waals surface area contributed by atoms with Gasteiger partial charge in [0.1, 0.15) is 0 Å². The molecule has 0 saturated heterocycles. The first kappa shape index (κ1) is 30.8. The van der Waals surface area contributed by atoms with Gasteiger partial charge in [-0.25, -0.2) is 0 Å². The molecule has 0 aliphatic heterocycles. The Kier molecular flexibility index (Phi) is 24.3. The molecule has 2 rings (SSSR count). The van der Waals surface area contributed by atoms with Crippen LogP contribution in [0.2, 0.25) is 0 Å². The minimum atomic E-state index is 0. The molecule has 31 heavy (non-hydrogen) atoms. The summed E-state index contributed by atoms with van der Waals surface area (Å²) in [6.07, 6.45) is 22.0. The third kappa shape index (κ3) is 20.2. The minimum Gasteiger partial charge on any atom is -0.184 e. The molecule has 0 nitrogen and oxygen atoms in total. The molecule has 0 bridgehead atoms. The number of aryl methyl sites for hydroxylation is 2. The van der Waals surface area contributed by atoms with Gasteiger partial charge in [-0.3, -0.25) is 0 Å². The van der Waals surface area contributed by atoms with E-state index in [9.17, 15) is 0 Å². The van der Waals surface area contributed by atoms with Crippen molar-refractivity contribution in [2.45, 2.75) is 117 Å². The molecule has 2 aromatic rings. The zero-order chi connectivity index (χ0) is 21.5. The molecule has 0 aliphatic rings. The van der Waals surface area contributed by atoms with E-state index in [0.717, 1.165) is 0 Å². The summed E-state index contributed by atoms with van der Waals surface area (Å²) in [4.78, 5) is 0.